The lowest BCUT2D eigenvalue weighted by Crippen LogP contribution is -2.37. The maximum Gasteiger partial charge on any atom is 0.258 e. The molecule has 0 bridgehead atoms. The van der Waals surface area contributed by atoms with Gasteiger partial charge < -0.3 is 14.8 Å². The van der Waals surface area contributed by atoms with E-state index in [-0.39, 0.29) is 18.6 Å². The molecule has 0 spiro atoms. The summed E-state index contributed by atoms with van der Waals surface area (Å²) in [6.07, 6.45) is 3.37. The Morgan fingerprint density at radius 3 is 2.72 bits per heavy atom. The maximum atomic E-state index is 12.4. The van der Waals surface area contributed by atoms with Crippen LogP contribution in [0, 0.1) is 0 Å². The Hall–Kier alpha value is -2.60. The molecule has 1 fully saturated rings. The number of nitrogens with one attached hydrogen (secondary N) is 1. The van der Waals surface area contributed by atoms with Gasteiger partial charge in [-0.05, 0) is 66.8 Å². The van der Waals surface area contributed by atoms with Gasteiger partial charge in [-0.25, -0.2) is 0 Å². The van der Waals surface area contributed by atoms with Crippen LogP contribution in [0.1, 0.15) is 19.3 Å². The average molecular weight is 466 g/mol. The van der Waals surface area contributed by atoms with Crippen LogP contribution in [0.25, 0.3) is 31.3 Å². The molecule has 4 nitrogen and oxygen atoms in total. The SMILES string of the molecule is O=C(COc1cccc2sc3ccc(-c4ccc(Cl)cc4)cc3c12)NCC1CCCCO1. The molecule has 0 radical (unpaired) electrons. The number of ether oxygens (including phenoxy) is 2. The van der Waals surface area contributed by atoms with Gasteiger partial charge in [-0.3, -0.25) is 4.79 Å². The second kappa shape index (κ2) is 9.49. The number of benzene rings is 3. The molecular formula is C26H24ClNO3S. The zero-order valence-corrected chi connectivity index (χ0v) is 19.2. The predicted molar refractivity (Wildman–Crippen MR) is 132 cm³/mol. The summed E-state index contributed by atoms with van der Waals surface area (Å²) in [6, 6.07) is 20.3. The van der Waals surface area contributed by atoms with E-state index in [1.54, 1.807) is 11.3 Å². The molecule has 164 valence electrons. The Labute approximate surface area is 196 Å². The first-order valence-electron chi connectivity index (χ1n) is 10.9. The number of rotatable bonds is 6. The van der Waals surface area contributed by atoms with Crippen LogP contribution in [0.15, 0.2) is 60.7 Å². The van der Waals surface area contributed by atoms with Gasteiger partial charge in [0.25, 0.3) is 5.91 Å². The number of amides is 1. The van der Waals surface area contributed by atoms with Crippen molar-refractivity contribution in [2.75, 3.05) is 19.8 Å². The highest BCUT2D eigenvalue weighted by Crippen LogP contribution is 2.41. The summed E-state index contributed by atoms with van der Waals surface area (Å²) in [5.41, 5.74) is 2.23. The fraction of sp³-hybridized carbons (Fsp3) is 0.269. The minimum Gasteiger partial charge on any atom is -0.483 e. The Bertz CT molecular complexity index is 1250. The van der Waals surface area contributed by atoms with E-state index < -0.39 is 0 Å². The van der Waals surface area contributed by atoms with Crippen LogP contribution in [0.4, 0.5) is 0 Å². The minimum atomic E-state index is -0.127. The third kappa shape index (κ3) is 4.60. The molecule has 1 saturated heterocycles. The van der Waals surface area contributed by atoms with E-state index in [2.05, 4.69) is 29.6 Å². The van der Waals surface area contributed by atoms with Crippen molar-refractivity contribution in [2.24, 2.45) is 0 Å². The number of hydrogen-bond acceptors (Lipinski definition) is 4. The van der Waals surface area contributed by atoms with Crippen molar-refractivity contribution in [2.45, 2.75) is 25.4 Å². The van der Waals surface area contributed by atoms with Crippen LogP contribution in [0.2, 0.25) is 5.02 Å². The van der Waals surface area contributed by atoms with Gasteiger partial charge in [-0.2, -0.15) is 0 Å². The van der Waals surface area contributed by atoms with Gasteiger partial charge >= 0.3 is 0 Å². The lowest BCUT2D eigenvalue weighted by Gasteiger charge is -2.22. The molecular weight excluding hydrogens is 442 g/mol. The quantitative estimate of drug-likeness (QED) is 0.356. The van der Waals surface area contributed by atoms with E-state index in [0.717, 1.165) is 63.2 Å². The molecule has 32 heavy (non-hydrogen) atoms. The van der Waals surface area contributed by atoms with Crippen molar-refractivity contribution in [1.82, 2.24) is 5.32 Å². The zero-order chi connectivity index (χ0) is 21.9. The Morgan fingerprint density at radius 1 is 1.06 bits per heavy atom. The maximum absolute atomic E-state index is 12.4. The fourth-order valence-electron chi connectivity index (χ4n) is 4.13. The monoisotopic (exact) mass is 465 g/mol. The van der Waals surface area contributed by atoms with Gasteiger partial charge in [-0.1, -0.05) is 35.9 Å². The van der Waals surface area contributed by atoms with Crippen molar-refractivity contribution >= 4 is 49.0 Å². The summed E-state index contributed by atoms with van der Waals surface area (Å²) in [7, 11) is 0. The molecule has 1 aliphatic heterocycles. The molecule has 0 aliphatic carbocycles. The number of thiophene rings is 1. The summed E-state index contributed by atoms with van der Waals surface area (Å²) < 4.78 is 14.0. The Morgan fingerprint density at radius 2 is 1.91 bits per heavy atom. The Kier molecular flexibility index (Phi) is 6.30. The highest BCUT2D eigenvalue weighted by atomic mass is 35.5. The minimum absolute atomic E-state index is 0.0138. The number of fused-ring (bicyclic) bond motifs is 3. The second-order valence-electron chi connectivity index (χ2n) is 8.03. The van der Waals surface area contributed by atoms with Gasteiger partial charge in [0, 0.05) is 38.3 Å². The molecule has 0 saturated carbocycles. The molecule has 1 aromatic heterocycles. The topological polar surface area (TPSA) is 47.6 Å². The highest BCUT2D eigenvalue weighted by molar-refractivity contribution is 7.25. The summed E-state index contributed by atoms with van der Waals surface area (Å²) in [5, 5.41) is 5.84. The van der Waals surface area contributed by atoms with Crippen molar-refractivity contribution in [3.63, 3.8) is 0 Å². The molecule has 4 aromatic rings. The van der Waals surface area contributed by atoms with Crippen molar-refractivity contribution in [3.8, 4) is 16.9 Å². The molecule has 6 heteroatoms. The largest absolute Gasteiger partial charge is 0.483 e. The first kappa shape index (κ1) is 21.3. The van der Waals surface area contributed by atoms with Gasteiger partial charge in [-0.15, -0.1) is 11.3 Å². The van der Waals surface area contributed by atoms with Crippen LogP contribution in [0.5, 0.6) is 5.75 Å². The van der Waals surface area contributed by atoms with Crippen LogP contribution in [-0.2, 0) is 9.53 Å². The van der Waals surface area contributed by atoms with Crippen LogP contribution in [0.3, 0.4) is 0 Å². The van der Waals surface area contributed by atoms with Gasteiger partial charge in [0.15, 0.2) is 6.61 Å². The molecule has 2 heterocycles. The molecule has 5 rings (SSSR count). The van der Waals surface area contributed by atoms with E-state index in [1.165, 1.54) is 4.70 Å². The lowest BCUT2D eigenvalue weighted by molar-refractivity contribution is -0.124. The molecule has 3 aromatic carbocycles. The number of carbonyl (C=O) groups is 1. The normalized spacial score (nSPS) is 16.3. The third-order valence-electron chi connectivity index (χ3n) is 5.79. The molecule has 1 amide bonds. The summed E-state index contributed by atoms with van der Waals surface area (Å²) in [4.78, 5) is 12.4. The van der Waals surface area contributed by atoms with Gasteiger partial charge in [0.2, 0.25) is 0 Å². The van der Waals surface area contributed by atoms with Crippen LogP contribution >= 0.6 is 22.9 Å². The predicted octanol–water partition coefficient (Wildman–Crippen LogP) is 6.44. The van der Waals surface area contributed by atoms with E-state index in [9.17, 15) is 4.79 Å². The Balaban J connectivity index is 1.36. The van der Waals surface area contributed by atoms with Gasteiger partial charge in [0.05, 0.1) is 6.10 Å². The summed E-state index contributed by atoms with van der Waals surface area (Å²) >= 11 is 7.78. The standard InChI is InChI=1S/C26H24ClNO3S/c27-19-10-7-17(8-11-19)18-9-12-23-21(14-18)26-22(5-3-6-24(26)32-23)31-16-25(29)28-15-20-4-1-2-13-30-20/h3,5-12,14,20H,1-2,4,13,15-16H2,(H,28,29). The van der Waals surface area contributed by atoms with Crippen LogP contribution < -0.4 is 10.1 Å². The first-order chi connectivity index (χ1) is 15.7. The van der Waals surface area contributed by atoms with Crippen molar-refractivity contribution in [1.29, 1.82) is 0 Å². The number of halogens is 1. The molecule has 1 aliphatic rings. The van der Waals surface area contributed by atoms with Gasteiger partial charge in [0.1, 0.15) is 5.75 Å². The summed E-state index contributed by atoms with van der Waals surface area (Å²) in [5.74, 6) is 0.601. The fourth-order valence-corrected chi connectivity index (χ4v) is 5.36. The average Bonchev–Trinajstić information content (AvgIpc) is 3.21. The van der Waals surface area contributed by atoms with E-state index >= 15 is 0 Å². The summed E-state index contributed by atoms with van der Waals surface area (Å²) in [6.45, 7) is 1.31. The smallest absolute Gasteiger partial charge is 0.258 e. The van der Waals surface area contributed by atoms with Crippen LogP contribution in [-0.4, -0.2) is 31.8 Å². The second-order valence-corrected chi connectivity index (χ2v) is 9.55. The zero-order valence-electron chi connectivity index (χ0n) is 17.6. The first-order valence-corrected chi connectivity index (χ1v) is 12.1. The highest BCUT2D eigenvalue weighted by Gasteiger charge is 2.16. The van der Waals surface area contributed by atoms with E-state index in [4.69, 9.17) is 21.1 Å². The van der Waals surface area contributed by atoms with E-state index in [1.807, 2.05) is 36.4 Å². The molecule has 1 N–H and O–H groups in total. The van der Waals surface area contributed by atoms with Crippen molar-refractivity contribution < 1.29 is 14.3 Å². The van der Waals surface area contributed by atoms with E-state index in [0.29, 0.717) is 6.54 Å². The lowest BCUT2D eigenvalue weighted by atomic mass is 10.0. The number of carbonyl (C=O) groups excluding carboxylic acids is 1. The van der Waals surface area contributed by atoms with Crippen molar-refractivity contribution in [3.05, 3.63) is 65.7 Å². The molecule has 1 atom stereocenters. The third-order valence-corrected chi connectivity index (χ3v) is 7.18. The molecule has 1 unspecified atom stereocenters. The number of hydrogen-bond donors (Lipinski definition) is 1.